The van der Waals surface area contributed by atoms with Crippen molar-refractivity contribution in [3.8, 4) is 11.8 Å². The molecule has 0 bridgehead atoms. The highest BCUT2D eigenvalue weighted by molar-refractivity contribution is 7.94. The lowest BCUT2D eigenvalue weighted by molar-refractivity contribution is -0.192. The SMILES string of the molecule is CC(C)(C(=O)NCc1ccc(-n2cccn2)cc1)c1ccc(S(=O)(=O)C=CC#N)cc1.O=C(O)C(F)(F)F. The molecular weight excluding hydrogens is 525 g/mol. The first-order chi connectivity index (χ1) is 17.7. The fraction of sp³-hybridized carbons (Fsp3) is 0.200. The summed E-state index contributed by atoms with van der Waals surface area (Å²) in [5.41, 5.74) is 1.70. The Kier molecular flexibility index (Phi) is 9.56. The molecule has 3 rings (SSSR count). The largest absolute Gasteiger partial charge is 0.490 e. The quantitative estimate of drug-likeness (QED) is 0.426. The van der Waals surface area contributed by atoms with Crippen molar-refractivity contribution in [3.05, 3.63) is 89.6 Å². The second kappa shape index (κ2) is 12.2. The molecule has 1 heterocycles. The Morgan fingerprint density at radius 1 is 1.11 bits per heavy atom. The van der Waals surface area contributed by atoms with E-state index < -0.39 is 27.4 Å². The predicted octanol–water partition coefficient (Wildman–Crippen LogP) is 3.91. The third-order valence-electron chi connectivity index (χ3n) is 5.19. The summed E-state index contributed by atoms with van der Waals surface area (Å²) in [7, 11) is -3.68. The van der Waals surface area contributed by atoms with E-state index in [9.17, 15) is 26.4 Å². The molecule has 0 atom stereocenters. The Morgan fingerprint density at radius 3 is 2.16 bits per heavy atom. The van der Waals surface area contributed by atoms with E-state index >= 15 is 0 Å². The van der Waals surface area contributed by atoms with Crippen molar-refractivity contribution < 1.29 is 36.3 Å². The van der Waals surface area contributed by atoms with E-state index in [1.54, 1.807) is 42.9 Å². The van der Waals surface area contributed by atoms with Crippen molar-refractivity contribution in [2.75, 3.05) is 0 Å². The molecule has 0 aliphatic rings. The van der Waals surface area contributed by atoms with Crippen molar-refractivity contribution in [1.29, 1.82) is 5.26 Å². The van der Waals surface area contributed by atoms with E-state index in [1.165, 1.54) is 12.1 Å². The van der Waals surface area contributed by atoms with Gasteiger partial charge in [0.2, 0.25) is 15.7 Å². The Labute approximate surface area is 216 Å². The van der Waals surface area contributed by atoms with Crippen LogP contribution in [0.2, 0.25) is 0 Å². The van der Waals surface area contributed by atoms with Gasteiger partial charge in [0.05, 0.1) is 22.1 Å². The number of carbonyl (C=O) groups excluding carboxylic acids is 1. The van der Waals surface area contributed by atoms with Gasteiger partial charge >= 0.3 is 12.1 Å². The number of aromatic nitrogens is 2. The number of hydrogen-bond donors (Lipinski definition) is 2. The maximum absolute atomic E-state index is 12.8. The molecule has 0 aliphatic carbocycles. The highest BCUT2D eigenvalue weighted by Crippen LogP contribution is 2.25. The lowest BCUT2D eigenvalue weighted by atomic mass is 9.83. The van der Waals surface area contributed by atoms with Crippen LogP contribution in [-0.2, 0) is 31.4 Å². The minimum absolute atomic E-state index is 0.0660. The first-order valence-corrected chi connectivity index (χ1v) is 12.3. The predicted molar refractivity (Wildman–Crippen MR) is 131 cm³/mol. The number of nitrogens with zero attached hydrogens (tertiary/aromatic N) is 3. The van der Waals surface area contributed by atoms with Crippen LogP contribution >= 0.6 is 0 Å². The van der Waals surface area contributed by atoms with Crippen LogP contribution in [0.5, 0.6) is 0 Å². The van der Waals surface area contributed by atoms with E-state index in [0.29, 0.717) is 12.1 Å². The minimum atomic E-state index is -5.08. The molecule has 3 aromatic rings. The number of rotatable bonds is 7. The summed E-state index contributed by atoms with van der Waals surface area (Å²) in [6, 6.07) is 17.3. The molecule has 0 aliphatic heterocycles. The normalized spacial score (nSPS) is 11.8. The van der Waals surface area contributed by atoms with Gasteiger partial charge in [0, 0.05) is 30.4 Å². The van der Waals surface area contributed by atoms with E-state index in [-0.39, 0.29) is 10.8 Å². The number of allylic oxidation sites excluding steroid dienone is 1. The van der Waals surface area contributed by atoms with Crippen LogP contribution in [0.15, 0.2) is 83.4 Å². The monoisotopic (exact) mass is 548 g/mol. The molecule has 13 heteroatoms. The number of benzene rings is 2. The summed E-state index contributed by atoms with van der Waals surface area (Å²) in [6.07, 6.45) is -0.598. The Bertz CT molecular complexity index is 1420. The van der Waals surface area contributed by atoms with Gasteiger partial charge in [0.15, 0.2) is 0 Å². The maximum atomic E-state index is 12.8. The summed E-state index contributed by atoms with van der Waals surface area (Å²) in [6.45, 7) is 3.93. The Balaban J connectivity index is 0.000000638. The van der Waals surface area contributed by atoms with Gasteiger partial charge in [-0.05, 0) is 55.3 Å². The van der Waals surface area contributed by atoms with Crippen LogP contribution in [0.3, 0.4) is 0 Å². The average Bonchev–Trinajstić information content (AvgIpc) is 3.41. The number of amides is 1. The molecule has 0 spiro atoms. The zero-order chi connectivity index (χ0) is 28.6. The highest BCUT2D eigenvalue weighted by Gasteiger charge is 2.38. The average molecular weight is 549 g/mol. The number of sulfone groups is 1. The van der Waals surface area contributed by atoms with Crippen LogP contribution in [0.25, 0.3) is 5.69 Å². The Morgan fingerprint density at radius 2 is 1.68 bits per heavy atom. The van der Waals surface area contributed by atoms with E-state index in [0.717, 1.165) is 22.7 Å². The molecular formula is C25H23F3N4O5S. The summed E-state index contributed by atoms with van der Waals surface area (Å²) >= 11 is 0. The molecule has 0 fully saturated rings. The molecule has 0 radical (unpaired) electrons. The first kappa shape index (κ1) is 29.8. The third kappa shape index (κ3) is 8.04. The van der Waals surface area contributed by atoms with Crippen molar-refractivity contribution in [2.45, 2.75) is 36.9 Å². The second-order valence-corrected chi connectivity index (χ2v) is 10.1. The van der Waals surface area contributed by atoms with Gasteiger partial charge in [-0.1, -0.05) is 24.3 Å². The van der Waals surface area contributed by atoms with E-state index in [4.69, 9.17) is 15.2 Å². The number of carboxylic acid groups (broad SMARTS) is 1. The number of halogens is 3. The van der Waals surface area contributed by atoms with Gasteiger partial charge < -0.3 is 10.4 Å². The van der Waals surface area contributed by atoms with Crippen LogP contribution in [-0.4, -0.2) is 41.4 Å². The maximum Gasteiger partial charge on any atom is 0.490 e. The van der Waals surface area contributed by atoms with Crippen molar-refractivity contribution >= 4 is 21.7 Å². The van der Waals surface area contributed by atoms with Crippen molar-refractivity contribution in [1.82, 2.24) is 15.1 Å². The molecule has 200 valence electrons. The number of nitrogens with one attached hydrogen (secondary N) is 1. The van der Waals surface area contributed by atoms with Crippen LogP contribution in [0.1, 0.15) is 25.0 Å². The molecule has 0 unspecified atom stereocenters. The Hall–Kier alpha value is -4.44. The summed E-state index contributed by atoms with van der Waals surface area (Å²) in [5, 5.41) is 23.6. The van der Waals surface area contributed by atoms with Crippen molar-refractivity contribution in [2.24, 2.45) is 0 Å². The van der Waals surface area contributed by atoms with E-state index in [2.05, 4.69) is 10.4 Å². The zero-order valence-corrected chi connectivity index (χ0v) is 21.0. The molecule has 0 saturated heterocycles. The summed E-state index contributed by atoms with van der Waals surface area (Å²) in [5.74, 6) is -2.93. The number of nitriles is 1. The number of hydrogen-bond acceptors (Lipinski definition) is 6. The molecule has 2 N–H and O–H groups in total. The molecule has 38 heavy (non-hydrogen) atoms. The fourth-order valence-corrected chi connectivity index (χ4v) is 3.89. The molecule has 1 amide bonds. The van der Waals surface area contributed by atoms with Gasteiger partial charge in [-0.25, -0.2) is 17.9 Å². The zero-order valence-electron chi connectivity index (χ0n) is 20.2. The summed E-state index contributed by atoms with van der Waals surface area (Å²) < 4.78 is 57.7. The molecule has 9 nitrogen and oxygen atoms in total. The molecule has 0 saturated carbocycles. The lowest BCUT2D eigenvalue weighted by Crippen LogP contribution is -2.39. The topological polar surface area (TPSA) is 142 Å². The van der Waals surface area contributed by atoms with Crippen LogP contribution in [0.4, 0.5) is 13.2 Å². The first-order valence-electron chi connectivity index (χ1n) is 10.8. The van der Waals surface area contributed by atoms with Gasteiger partial charge in [-0.15, -0.1) is 0 Å². The fourth-order valence-electron chi connectivity index (χ4n) is 2.98. The summed E-state index contributed by atoms with van der Waals surface area (Å²) in [4.78, 5) is 21.8. The molecule has 2 aromatic carbocycles. The van der Waals surface area contributed by atoms with Crippen LogP contribution in [0, 0.1) is 11.3 Å². The number of carbonyl (C=O) groups is 2. The van der Waals surface area contributed by atoms with E-state index in [1.807, 2.05) is 36.5 Å². The lowest BCUT2D eigenvalue weighted by Gasteiger charge is -2.24. The van der Waals surface area contributed by atoms with Gasteiger partial charge in [0.25, 0.3) is 0 Å². The number of alkyl halides is 3. The smallest absolute Gasteiger partial charge is 0.475 e. The van der Waals surface area contributed by atoms with Crippen molar-refractivity contribution in [3.63, 3.8) is 0 Å². The third-order valence-corrected chi connectivity index (χ3v) is 6.62. The standard InChI is InChI=1S/C23H22N4O3S.C2HF3O2/c1-23(2,19-7-11-21(12-8-19)31(29,30)16-3-13-24)22(28)25-17-18-5-9-20(10-6-18)27-15-4-14-26-27;3-2(4,5)1(6)7/h3-12,14-16H,17H2,1-2H3,(H,25,28);(H,6,7). The number of aliphatic carboxylic acids is 1. The van der Waals surface area contributed by atoms with Gasteiger partial charge in [-0.2, -0.15) is 23.5 Å². The minimum Gasteiger partial charge on any atom is -0.475 e. The van der Waals surface area contributed by atoms with Gasteiger partial charge in [-0.3, -0.25) is 4.79 Å². The van der Waals surface area contributed by atoms with Crippen LogP contribution < -0.4 is 5.32 Å². The molecule has 1 aromatic heterocycles. The number of carboxylic acids is 1. The van der Waals surface area contributed by atoms with Gasteiger partial charge in [0.1, 0.15) is 0 Å². The second-order valence-electron chi connectivity index (χ2n) is 8.23. The highest BCUT2D eigenvalue weighted by atomic mass is 32.2.